The topological polar surface area (TPSA) is 37.9 Å². The average Bonchev–Trinajstić information content (AvgIpc) is 2.34. The van der Waals surface area contributed by atoms with E-state index in [1.165, 1.54) is 0 Å². The summed E-state index contributed by atoms with van der Waals surface area (Å²) in [7, 11) is 0. The molecule has 1 rings (SSSR count). The van der Waals surface area contributed by atoms with E-state index in [2.05, 4.69) is 55.4 Å². The molecule has 1 aromatic heterocycles. The number of H-pyrrole nitrogens is 1. The molecule has 0 aliphatic carbocycles. The second-order valence-corrected chi connectivity index (χ2v) is 3.73. The van der Waals surface area contributed by atoms with E-state index in [9.17, 15) is 0 Å². The molecule has 0 aliphatic heterocycles. The highest BCUT2D eigenvalue weighted by Crippen LogP contribution is 2.22. The summed E-state index contributed by atoms with van der Waals surface area (Å²) in [6, 6.07) is 0. The number of nitrogens with one attached hydrogen (secondary N) is 1. The third-order valence-electron chi connectivity index (χ3n) is 1.16. The van der Waals surface area contributed by atoms with Crippen molar-refractivity contribution in [1.29, 1.82) is 0 Å². The summed E-state index contributed by atoms with van der Waals surface area (Å²) in [5, 5.41) is 6.94. The first kappa shape index (κ1) is 9.56. The highest BCUT2D eigenvalue weighted by molar-refractivity contribution is 14.1. The molecule has 0 atom stereocenters. The van der Waals surface area contributed by atoms with Gasteiger partial charge in [0.05, 0.1) is 15.9 Å². The molecule has 1 heterocycles. The van der Waals surface area contributed by atoms with E-state index < -0.39 is 0 Å². The molecule has 5 heteroatoms. The van der Waals surface area contributed by atoms with Crippen LogP contribution in [-0.2, 0) is 4.43 Å². The zero-order valence-electron chi connectivity index (χ0n) is 6.03. The second kappa shape index (κ2) is 4.48. The normalized spacial score (nSPS) is 10.1. The third kappa shape index (κ3) is 2.20. The molecule has 0 fully saturated rings. The van der Waals surface area contributed by atoms with Gasteiger partial charge in [0, 0.05) is 4.43 Å². The first-order valence-electron chi connectivity index (χ1n) is 3.21. The highest BCUT2D eigenvalue weighted by Gasteiger charge is 2.08. The van der Waals surface area contributed by atoms with Gasteiger partial charge in [-0.25, -0.2) is 0 Å². The minimum Gasteiger partial charge on any atom is -0.476 e. The van der Waals surface area contributed by atoms with Gasteiger partial charge in [0.15, 0.2) is 0 Å². The molecule has 62 valence electrons. The molecule has 0 spiro atoms. The summed E-state index contributed by atoms with van der Waals surface area (Å²) in [5.74, 6) is 0.722. The number of alkyl halides is 1. The Kier molecular flexibility index (Phi) is 3.90. The zero-order valence-corrected chi connectivity index (χ0v) is 10.3. The van der Waals surface area contributed by atoms with Crippen LogP contribution in [0.3, 0.4) is 0 Å². The number of aromatic amines is 1. The van der Waals surface area contributed by atoms with Gasteiger partial charge in [0.2, 0.25) is 5.88 Å². The molecular weight excluding hydrogens is 370 g/mol. The van der Waals surface area contributed by atoms with Gasteiger partial charge in [-0.1, -0.05) is 22.6 Å². The summed E-state index contributed by atoms with van der Waals surface area (Å²) in [4.78, 5) is 0. The molecule has 0 radical (unpaired) electrons. The molecule has 0 unspecified atom stereocenters. The molecule has 3 nitrogen and oxygen atoms in total. The van der Waals surface area contributed by atoms with Gasteiger partial charge in [-0.15, -0.1) is 5.10 Å². The van der Waals surface area contributed by atoms with E-state index in [-0.39, 0.29) is 0 Å². The lowest BCUT2D eigenvalue weighted by molar-refractivity contribution is 0.324. The Balaban J connectivity index is 2.82. The van der Waals surface area contributed by atoms with Crippen molar-refractivity contribution in [2.24, 2.45) is 0 Å². The zero-order chi connectivity index (χ0) is 8.27. The largest absolute Gasteiger partial charge is 0.476 e. The van der Waals surface area contributed by atoms with Crippen molar-refractivity contribution in [3.63, 3.8) is 0 Å². The predicted octanol–water partition coefficient (Wildman–Crippen LogP) is 2.35. The van der Waals surface area contributed by atoms with Crippen molar-refractivity contribution in [2.75, 3.05) is 6.61 Å². The van der Waals surface area contributed by atoms with Crippen LogP contribution in [-0.4, -0.2) is 16.8 Å². The van der Waals surface area contributed by atoms with Crippen molar-refractivity contribution in [2.45, 2.75) is 11.4 Å². The van der Waals surface area contributed by atoms with Crippen LogP contribution in [0.4, 0.5) is 0 Å². The molecule has 1 aromatic rings. The molecule has 0 aromatic carbocycles. The van der Waals surface area contributed by atoms with Gasteiger partial charge in [-0.3, -0.25) is 5.10 Å². The maximum Gasteiger partial charge on any atom is 0.246 e. The van der Waals surface area contributed by atoms with Crippen molar-refractivity contribution in [3.05, 3.63) is 9.26 Å². The van der Waals surface area contributed by atoms with Crippen LogP contribution >= 0.6 is 45.2 Å². The van der Waals surface area contributed by atoms with Crippen LogP contribution in [0.25, 0.3) is 0 Å². The van der Waals surface area contributed by atoms with Gasteiger partial charge < -0.3 is 4.74 Å². The first-order valence-corrected chi connectivity index (χ1v) is 5.81. The van der Waals surface area contributed by atoms with Crippen molar-refractivity contribution >= 4 is 45.2 Å². The fraction of sp³-hybridized carbons (Fsp3) is 0.500. The lowest BCUT2D eigenvalue weighted by atomic mass is 10.5. The van der Waals surface area contributed by atoms with Gasteiger partial charge in [0.25, 0.3) is 0 Å². The summed E-state index contributed by atoms with van der Waals surface area (Å²) < 4.78 is 7.30. The van der Waals surface area contributed by atoms with E-state index in [0.29, 0.717) is 6.61 Å². The highest BCUT2D eigenvalue weighted by atomic mass is 127. The number of nitrogens with zero attached hydrogens (tertiary/aromatic N) is 1. The molecule has 0 amide bonds. The van der Waals surface area contributed by atoms with Gasteiger partial charge in [0.1, 0.15) is 0 Å². The molecular formula is C6H8I2N2O. The Bertz CT molecular complexity index is 236. The fourth-order valence-electron chi connectivity index (χ4n) is 0.666. The Morgan fingerprint density at radius 1 is 1.64 bits per heavy atom. The van der Waals surface area contributed by atoms with E-state index in [0.717, 1.165) is 19.6 Å². The molecule has 0 saturated carbocycles. The van der Waals surface area contributed by atoms with Crippen LogP contribution in [0.2, 0.25) is 0 Å². The van der Waals surface area contributed by atoms with Crippen LogP contribution < -0.4 is 4.74 Å². The van der Waals surface area contributed by atoms with Crippen LogP contribution in [0.1, 0.15) is 12.6 Å². The Morgan fingerprint density at radius 3 is 2.82 bits per heavy atom. The number of hydrogen-bond acceptors (Lipinski definition) is 2. The number of halogens is 2. The predicted molar refractivity (Wildman–Crippen MR) is 60.2 cm³/mol. The summed E-state index contributed by atoms with van der Waals surface area (Å²) in [5.41, 5.74) is 1.13. The van der Waals surface area contributed by atoms with Crippen molar-refractivity contribution in [3.8, 4) is 5.88 Å². The molecule has 11 heavy (non-hydrogen) atoms. The Hall–Kier alpha value is 0.470. The molecule has 1 N–H and O–H groups in total. The monoisotopic (exact) mass is 378 g/mol. The van der Waals surface area contributed by atoms with Gasteiger partial charge >= 0.3 is 0 Å². The average molecular weight is 378 g/mol. The number of hydrogen-bond donors (Lipinski definition) is 1. The second-order valence-electron chi connectivity index (χ2n) is 1.89. The summed E-state index contributed by atoms with van der Waals surface area (Å²) in [6.07, 6.45) is 0. The Morgan fingerprint density at radius 2 is 2.36 bits per heavy atom. The van der Waals surface area contributed by atoms with E-state index in [4.69, 9.17) is 4.74 Å². The lowest BCUT2D eigenvalue weighted by Crippen LogP contribution is -1.92. The first-order chi connectivity index (χ1) is 5.29. The van der Waals surface area contributed by atoms with Crippen LogP contribution in [0.5, 0.6) is 5.88 Å². The standard InChI is InChI=1S/C6H8I2N2O/c1-2-11-6-5(8)4(3-7)9-10-6/h2-3H2,1H3,(H,9,10). The van der Waals surface area contributed by atoms with Crippen LogP contribution in [0, 0.1) is 3.57 Å². The number of ether oxygens (including phenoxy) is 1. The third-order valence-corrected chi connectivity index (χ3v) is 3.04. The van der Waals surface area contributed by atoms with E-state index in [1.54, 1.807) is 0 Å². The van der Waals surface area contributed by atoms with E-state index >= 15 is 0 Å². The van der Waals surface area contributed by atoms with Gasteiger partial charge in [-0.05, 0) is 29.5 Å². The van der Waals surface area contributed by atoms with Crippen LogP contribution in [0.15, 0.2) is 0 Å². The smallest absolute Gasteiger partial charge is 0.246 e. The Labute approximate surface area is 92.6 Å². The molecule has 0 aliphatic rings. The maximum absolute atomic E-state index is 5.27. The maximum atomic E-state index is 5.27. The van der Waals surface area contributed by atoms with Crippen molar-refractivity contribution in [1.82, 2.24) is 10.2 Å². The number of rotatable bonds is 3. The molecule has 0 bridgehead atoms. The summed E-state index contributed by atoms with van der Waals surface area (Å²) >= 11 is 4.53. The lowest BCUT2D eigenvalue weighted by Gasteiger charge is -1.96. The minimum atomic E-state index is 0.668. The fourth-order valence-corrected chi connectivity index (χ4v) is 2.54. The minimum absolute atomic E-state index is 0.668. The van der Waals surface area contributed by atoms with E-state index in [1.807, 2.05) is 6.92 Å². The quantitative estimate of drug-likeness (QED) is 0.648. The van der Waals surface area contributed by atoms with Crippen molar-refractivity contribution < 1.29 is 4.74 Å². The number of aromatic nitrogens is 2. The summed E-state index contributed by atoms with van der Waals surface area (Å²) in [6.45, 7) is 2.62. The molecule has 0 saturated heterocycles. The van der Waals surface area contributed by atoms with Gasteiger partial charge in [-0.2, -0.15) is 0 Å². The SMILES string of the molecule is CCOc1n[nH]c(CI)c1I.